The van der Waals surface area contributed by atoms with Gasteiger partial charge in [0.2, 0.25) is 9.84 Å². The minimum absolute atomic E-state index is 0.147. The van der Waals surface area contributed by atoms with Crippen molar-refractivity contribution in [2.24, 2.45) is 11.5 Å². The Morgan fingerprint density at radius 1 is 0.690 bits per heavy atom. The summed E-state index contributed by atoms with van der Waals surface area (Å²) in [4.78, 5) is -1.69. The molecule has 0 fully saturated rings. The van der Waals surface area contributed by atoms with Crippen molar-refractivity contribution in [1.82, 2.24) is 0 Å². The van der Waals surface area contributed by atoms with Crippen LogP contribution in [0.3, 0.4) is 0 Å². The second kappa shape index (κ2) is 7.44. The van der Waals surface area contributed by atoms with E-state index in [1.54, 1.807) is 54.6 Å². The maximum atomic E-state index is 13.9. The quantitative estimate of drug-likeness (QED) is 0.526. The fourth-order valence-corrected chi connectivity index (χ4v) is 5.47. The molecule has 0 saturated carbocycles. The van der Waals surface area contributed by atoms with Crippen LogP contribution in [0.15, 0.2) is 108 Å². The van der Waals surface area contributed by atoms with E-state index in [4.69, 9.17) is 11.5 Å². The molecular formula is C24H22N2O2S. The van der Waals surface area contributed by atoms with Crippen LogP contribution < -0.4 is 11.5 Å². The summed E-state index contributed by atoms with van der Waals surface area (Å²) in [7, 11) is -4.04. The molecule has 0 amide bonds. The Hall–Kier alpha value is -2.99. The normalized spacial score (nSPS) is 15.0. The molecule has 146 valence electrons. The zero-order valence-electron chi connectivity index (χ0n) is 15.8. The number of hydrogen-bond acceptors (Lipinski definition) is 4. The molecule has 0 aliphatic rings. The number of hydrogen-bond donors (Lipinski definition) is 2. The molecule has 0 spiro atoms. The number of rotatable bonds is 5. The van der Waals surface area contributed by atoms with Gasteiger partial charge in [0.15, 0.2) is 4.87 Å². The van der Waals surface area contributed by atoms with Crippen molar-refractivity contribution < 1.29 is 8.42 Å². The lowest BCUT2D eigenvalue weighted by Crippen LogP contribution is -2.52. The molecule has 0 bridgehead atoms. The van der Waals surface area contributed by atoms with Gasteiger partial charge in [-0.1, -0.05) is 91.0 Å². The van der Waals surface area contributed by atoms with E-state index < -0.39 is 20.8 Å². The standard InChI is InChI=1S/C24H22N2O2S/c25-23(19-10-3-1-4-11-19)24(26,21-13-5-2-6-14-21)29(27,28)22-16-15-18-9-7-8-12-20(18)17-22/h1-17,23H,25-26H2. The highest BCUT2D eigenvalue weighted by Gasteiger charge is 2.48. The highest BCUT2D eigenvalue weighted by molar-refractivity contribution is 7.92. The molecule has 2 atom stereocenters. The van der Waals surface area contributed by atoms with Crippen LogP contribution in [0.25, 0.3) is 10.8 Å². The first kappa shape index (κ1) is 19.3. The van der Waals surface area contributed by atoms with Crippen LogP contribution >= 0.6 is 0 Å². The van der Waals surface area contributed by atoms with E-state index in [-0.39, 0.29) is 4.90 Å². The molecule has 0 aliphatic carbocycles. The van der Waals surface area contributed by atoms with E-state index in [1.165, 1.54) is 0 Å². The summed E-state index contributed by atoms with van der Waals surface area (Å²) in [6.45, 7) is 0. The van der Waals surface area contributed by atoms with Crippen LogP contribution in [0.4, 0.5) is 0 Å². The van der Waals surface area contributed by atoms with E-state index >= 15 is 0 Å². The lowest BCUT2D eigenvalue weighted by molar-refractivity contribution is 0.461. The van der Waals surface area contributed by atoms with Crippen LogP contribution in [0.5, 0.6) is 0 Å². The summed E-state index contributed by atoms with van der Waals surface area (Å²) in [5.74, 6) is 0. The van der Waals surface area contributed by atoms with Gasteiger partial charge in [-0.05, 0) is 34.0 Å². The molecule has 5 heteroatoms. The van der Waals surface area contributed by atoms with Crippen molar-refractivity contribution in [1.29, 1.82) is 0 Å². The van der Waals surface area contributed by atoms with Crippen LogP contribution in [-0.2, 0) is 14.7 Å². The third kappa shape index (κ3) is 3.23. The maximum Gasteiger partial charge on any atom is 0.203 e. The van der Waals surface area contributed by atoms with Crippen molar-refractivity contribution in [2.75, 3.05) is 0 Å². The molecule has 4 aromatic rings. The van der Waals surface area contributed by atoms with E-state index in [9.17, 15) is 8.42 Å². The second-order valence-electron chi connectivity index (χ2n) is 7.06. The zero-order chi connectivity index (χ0) is 20.5. The molecule has 4 aromatic carbocycles. The lowest BCUT2D eigenvalue weighted by Gasteiger charge is -2.35. The molecule has 29 heavy (non-hydrogen) atoms. The van der Waals surface area contributed by atoms with E-state index in [0.717, 1.165) is 10.8 Å². The van der Waals surface area contributed by atoms with E-state index in [0.29, 0.717) is 11.1 Å². The summed E-state index contributed by atoms with van der Waals surface area (Å²) in [6.07, 6.45) is 0. The molecule has 0 radical (unpaired) electrons. The van der Waals surface area contributed by atoms with E-state index in [1.807, 2.05) is 48.5 Å². The van der Waals surface area contributed by atoms with Gasteiger partial charge in [0.1, 0.15) is 0 Å². The van der Waals surface area contributed by atoms with Gasteiger partial charge in [0, 0.05) is 0 Å². The first-order chi connectivity index (χ1) is 13.9. The molecule has 4 N–H and O–H groups in total. The average Bonchev–Trinajstić information content (AvgIpc) is 2.78. The van der Waals surface area contributed by atoms with Crippen molar-refractivity contribution >= 4 is 20.6 Å². The molecule has 0 aliphatic heterocycles. The summed E-state index contributed by atoms with van der Waals surface area (Å²) in [5, 5.41) is 1.79. The van der Waals surface area contributed by atoms with Crippen molar-refractivity contribution in [3.63, 3.8) is 0 Å². The van der Waals surface area contributed by atoms with Gasteiger partial charge >= 0.3 is 0 Å². The maximum absolute atomic E-state index is 13.9. The zero-order valence-corrected chi connectivity index (χ0v) is 16.6. The fourth-order valence-electron chi connectivity index (χ4n) is 3.64. The predicted molar refractivity (Wildman–Crippen MR) is 117 cm³/mol. The summed E-state index contributed by atoms with van der Waals surface area (Å²) in [5.41, 5.74) is 14.4. The summed E-state index contributed by atoms with van der Waals surface area (Å²) >= 11 is 0. The molecule has 4 rings (SSSR count). The molecule has 0 aromatic heterocycles. The van der Waals surface area contributed by atoms with Gasteiger partial charge in [0.25, 0.3) is 0 Å². The highest BCUT2D eigenvalue weighted by Crippen LogP contribution is 2.40. The van der Waals surface area contributed by atoms with Gasteiger partial charge < -0.3 is 11.5 Å². The Kier molecular flexibility index (Phi) is 4.96. The van der Waals surface area contributed by atoms with Gasteiger partial charge in [-0.3, -0.25) is 0 Å². The monoisotopic (exact) mass is 402 g/mol. The van der Waals surface area contributed by atoms with Crippen molar-refractivity contribution in [3.8, 4) is 0 Å². The van der Waals surface area contributed by atoms with Gasteiger partial charge in [0.05, 0.1) is 10.9 Å². The Bertz CT molecular complexity index is 1240. The van der Waals surface area contributed by atoms with Gasteiger partial charge in [-0.2, -0.15) is 0 Å². The molecule has 2 unspecified atom stereocenters. The number of sulfone groups is 1. The smallest absolute Gasteiger partial charge is 0.203 e. The van der Waals surface area contributed by atoms with Crippen molar-refractivity contribution in [2.45, 2.75) is 15.8 Å². The topological polar surface area (TPSA) is 86.2 Å². The lowest BCUT2D eigenvalue weighted by atomic mass is 9.94. The Morgan fingerprint density at radius 2 is 1.24 bits per heavy atom. The van der Waals surface area contributed by atoms with Crippen LogP contribution in [0.1, 0.15) is 17.2 Å². The fraction of sp³-hybridized carbons (Fsp3) is 0.0833. The second-order valence-corrected chi connectivity index (χ2v) is 9.21. The number of benzene rings is 4. The van der Waals surface area contributed by atoms with E-state index in [2.05, 4.69) is 0 Å². The Labute approximate surface area is 170 Å². The van der Waals surface area contributed by atoms with Crippen LogP contribution in [0, 0.1) is 0 Å². The molecule has 0 saturated heterocycles. The third-order valence-electron chi connectivity index (χ3n) is 5.32. The van der Waals surface area contributed by atoms with Crippen LogP contribution in [-0.4, -0.2) is 8.42 Å². The Morgan fingerprint density at radius 3 is 1.90 bits per heavy atom. The predicted octanol–water partition coefficient (Wildman–Crippen LogP) is 4.13. The molecule has 0 heterocycles. The number of fused-ring (bicyclic) bond motifs is 1. The Balaban J connectivity index is 1.94. The minimum atomic E-state index is -4.04. The minimum Gasteiger partial charge on any atom is -0.321 e. The third-order valence-corrected chi connectivity index (χ3v) is 7.58. The molecular weight excluding hydrogens is 380 g/mol. The number of nitrogens with two attached hydrogens (primary N) is 2. The first-order valence-corrected chi connectivity index (χ1v) is 10.8. The van der Waals surface area contributed by atoms with Crippen molar-refractivity contribution in [3.05, 3.63) is 114 Å². The first-order valence-electron chi connectivity index (χ1n) is 9.33. The average molecular weight is 403 g/mol. The summed E-state index contributed by atoms with van der Waals surface area (Å²) in [6, 6.07) is 29.6. The largest absolute Gasteiger partial charge is 0.321 e. The summed E-state index contributed by atoms with van der Waals surface area (Å²) < 4.78 is 27.8. The van der Waals surface area contributed by atoms with Gasteiger partial charge in [-0.15, -0.1) is 0 Å². The van der Waals surface area contributed by atoms with Crippen LogP contribution in [0.2, 0.25) is 0 Å². The SMILES string of the molecule is NC(c1ccccc1)C(N)(c1ccccc1)S(=O)(=O)c1ccc2ccccc2c1. The van der Waals surface area contributed by atoms with Gasteiger partial charge in [-0.25, -0.2) is 8.42 Å². The highest BCUT2D eigenvalue weighted by atomic mass is 32.2. The molecule has 4 nitrogen and oxygen atoms in total.